The molecule has 2 aromatic carbocycles. The van der Waals surface area contributed by atoms with Gasteiger partial charge in [-0.1, -0.05) is 37.3 Å². The Balaban J connectivity index is 2.31. The van der Waals surface area contributed by atoms with Crippen LogP contribution in [-0.2, 0) is 11.3 Å². The Morgan fingerprint density at radius 2 is 1.95 bits per heavy atom. The van der Waals surface area contributed by atoms with Crippen LogP contribution in [0, 0.1) is 0 Å². The Hall–Kier alpha value is -1.58. The van der Waals surface area contributed by atoms with Crippen LogP contribution >= 0.6 is 0 Å². The molecule has 3 nitrogen and oxygen atoms in total. The van der Waals surface area contributed by atoms with Gasteiger partial charge < -0.3 is 14.8 Å². The molecule has 0 heterocycles. The van der Waals surface area contributed by atoms with Crippen LogP contribution in [0.4, 0.5) is 0 Å². The summed E-state index contributed by atoms with van der Waals surface area (Å²) < 4.78 is 11.2. The molecule has 0 spiro atoms. The topological polar surface area (TPSA) is 30.5 Å². The zero-order valence-electron chi connectivity index (χ0n) is 12.5. The van der Waals surface area contributed by atoms with Crippen LogP contribution in [0.25, 0.3) is 10.8 Å². The van der Waals surface area contributed by atoms with Gasteiger partial charge in [0.05, 0.1) is 6.10 Å². The number of hydrogen-bond acceptors (Lipinski definition) is 3. The van der Waals surface area contributed by atoms with Gasteiger partial charge >= 0.3 is 0 Å². The minimum atomic E-state index is 0.0912. The molecular formula is C17H23NO2. The first kappa shape index (κ1) is 14.8. The number of nitrogens with one attached hydrogen (secondary N) is 1. The van der Waals surface area contributed by atoms with Gasteiger partial charge in [0.2, 0.25) is 0 Å². The fourth-order valence-electron chi connectivity index (χ4n) is 2.16. The highest BCUT2D eigenvalue weighted by molar-refractivity contribution is 5.87. The first-order chi connectivity index (χ1) is 9.76. The zero-order chi connectivity index (χ0) is 14.4. The smallest absolute Gasteiger partial charge is 0.124 e. The van der Waals surface area contributed by atoms with Crippen molar-refractivity contribution in [3.05, 3.63) is 42.0 Å². The average Bonchev–Trinajstić information content (AvgIpc) is 2.50. The van der Waals surface area contributed by atoms with E-state index in [1.54, 1.807) is 7.11 Å². The monoisotopic (exact) mass is 273 g/mol. The second-order valence-corrected chi connectivity index (χ2v) is 4.90. The molecule has 2 aromatic rings. The van der Waals surface area contributed by atoms with E-state index < -0.39 is 0 Å². The molecular weight excluding hydrogens is 250 g/mol. The number of hydrogen-bond donors (Lipinski definition) is 1. The normalized spacial score (nSPS) is 12.6. The summed E-state index contributed by atoms with van der Waals surface area (Å²) in [6, 6.07) is 12.6. The molecule has 0 saturated heterocycles. The van der Waals surface area contributed by atoms with Crippen LogP contribution in [0.1, 0.15) is 19.4 Å². The van der Waals surface area contributed by atoms with Crippen LogP contribution in [0.3, 0.4) is 0 Å². The molecule has 0 amide bonds. The molecule has 108 valence electrons. The summed E-state index contributed by atoms with van der Waals surface area (Å²) in [4.78, 5) is 0. The molecule has 0 radical (unpaired) electrons. The van der Waals surface area contributed by atoms with E-state index in [9.17, 15) is 0 Å². The van der Waals surface area contributed by atoms with E-state index in [1.807, 2.05) is 6.92 Å². The Bertz CT molecular complexity index is 554. The summed E-state index contributed by atoms with van der Waals surface area (Å²) >= 11 is 0. The molecule has 1 atom stereocenters. The van der Waals surface area contributed by atoms with E-state index in [0.717, 1.165) is 18.8 Å². The lowest BCUT2D eigenvalue weighted by molar-refractivity contribution is 0.0713. The lowest BCUT2D eigenvalue weighted by Crippen LogP contribution is -2.18. The summed E-state index contributed by atoms with van der Waals surface area (Å²) in [5, 5.41) is 5.88. The van der Waals surface area contributed by atoms with Crippen molar-refractivity contribution in [3.63, 3.8) is 0 Å². The second kappa shape index (κ2) is 7.27. The maximum Gasteiger partial charge on any atom is 0.124 e. The second-order valence-electron chi connectivity index (χ2n) is 4.90. The predicted octanol–water partition coefficient (Wildman–Crippen LogP) is 3.36. The largest absolute Gasteiger partial charge is 0.491 e. The van der Waals surface area contributed by atoms with E-state index >= 15 is 0 Å². The lowest BCUT2D eigenvalue weighted by atomic mass is 10.0. The molecule has 0 fully saturated rings. The zero-order valence-corrected chi connectivity index (χ0v) is 12.5. The van der Waals surface area contributed by atoms with E-state index in [4.69, 9.17) is 9.47 Å². The van der Waals surface area contributed by atoms with E-state index in [2.05, 4.69) is 48.6 Å². The van der Waals surface area contributed by atoms with Crippen molar-refractivity contribution >= 4 is 10.8 Å². The highest BCUT2D eigenvalue weighted by Crippen LogP contribution is 2.28. The number of rotatable bonds is 7. The maximum atomic E-state index is 5.93. The molecule has 0 aliphatic carbocycles. The van der Waals surface area contributed by atoms with Gasteiger partial charge in [0.25, 0.3) is 0 Å². The van der Waals surface area contributed by atoms with Gasteiger partial charge in [-0.2, -0.15) is 0 Å². The van der Waals surface area contributed by atoms with Crippen molar-refractivity contribution in [1.29, 1.82) is 0 Å². The maximum absolute atomic E-state index is 5.93. The Morgan fingerprint density at radius 3 is 2.70 bits per heavy atom. The Morgan fingerprint density at radius 1 is 1.15 bits per heavy atom. The fraction of sp³-hybridized carbons (Fsp3) is 0.412. The van der Waals surface area contributed by atoms with Crippen molar-refractivity contribution in [1.82, 2.24) is 5.32 Å². The fourth-order valence-corrected chi connectivity index (χ4v) is 2.16. The summed E-state index contributed by atoms with van der Waals surface area (Å²) in [7, 11) is 1.70. The highest BCUT2D eigenvalue weighted by Gasteiger charge is 2.09. The van der Waals surface area contributed by atoms with E-state index in [1.165, 1.54) is 16.3 Å². The number of ether oxygens (including phenoxy) is 2. The molecule has 0 aliphatic heterocycles. The van der Waals surface area contributed by atoms with Crippen LogP contribution in [0.2, 0.25) is 0 Å². The van der Waals surface area contributed by atoms with Crippen LogP contribution in [0.15, 0.2) is 36.4 Å². The third-order valence-electron chi connectivity index (χ3n) is 3.43. The third kappa shape index (κ3) is 3.50. The number of methoxy groups -OCH3 is 1. The van der Waals surface area contributed by atoms with Crippen molar-refractivity contribution in [3.8, 4) is 5.75 Å². The standard InChI is InChI=1S/C17H23NO2/c1-4-18-11-16-15-8-6-5-7-14(15)9-10-17(16)20-12-13(2)19-3/h5-10,13,18H,4,11-12H2,1-3H3. The summed E-state index contributed by atoms with van der Waals surface area (Å²) in [5.41, 5.74) is 1.22. The minimum absolute atomic E-state index is 0.0912. The first-order valence-corrected chi connectivity index (χ1v) is 7.13. The first-order valence-electron chi connectivity index (χ1n) is 7.13. The molecule has 0 saturated carbocycles. The summed E-state index contributed by atoms with van der Waals surface area (Å²) in [6.07, 6.45) is 0.0912. The molecule has 1 N–H and O–H groups in total. The summed E-state index contributed by atoms with van der Waals surface area (Å²) in [5.74, 6) is 0.938. The average molecular weight is 273 g/mol. The molecule has 0 aromatic heterocycles. The van der Waals surface area contributed by atoms with Gasteiger partial charge in [-0.15, -0.1) is 0 Å². The van der Waals surface area contributed by atoms with Gasteiger partial charge in [-0.3, -0.25) is 0 Å². The van der Waals surface area contributed by atoms with Gasteiger partial charge in [0.15, 0.2) is 0 Å². The van der Waals surface area contributed by atoms with Crippen LogP contribution in [-0.4, -0.2) is 26.4 Å². The van der Waals surface area contributed by atoms with Crippen LogP contribution in [0.5, 0.6) is 5.75 Å². The highest BCUT2D eigenvalue weighted by atomic mass is 16.5. The Labute approximate surface area is 120 Å². The molecule has 3 heteroatoms. The number of fused-ring (bicyclic) bond motifs is 1. The third-order valence-corrected chi connectivity index (χ3v) is 3.43. The molecule has 2 rings (SSSR count). The molecule has 0 bridgehead atoms. The van der Waals surface area contributed by atoms with Crippen molar-refractivity contribution in [2.45, 2.75) is 26.5 Å². The van der Waals surface area contributed by atoms with Crippen LogP contribution < -0.4 is 10.1 Å². The van der Waals surface area contributed by atoms with Gasteiger partial charge in [0.1, 0.15) is 12.4 Å². The SMILES string of the molecule is CCNCc1c(OCC(C)OC)ccc2ccccc12. The van der Waals surface area contributed by atoms with Gasteiger partial charge in [-0.25, -0.2) is 0 Å². The predicted molar refractivity (Wildman–Crippen MR) is 83.3 cm³/mol. The number of benzene rings is 2. The van der Waals surface area contributed by atoms with Crippen molar-refractivity contribution < 1.29 is 9.47 Å². The lowest BCUT2D eigenvalue weighted by Gasteiger charge is -2.17. The van der Waals surface area contributed by atoms with Crippen molar-refractivity contribution in [2.24, 2.45) is 0 Å². The molecule has 20 heavy (non-hydrogen) atoms. The van der Waals surface area contributed by atoms with E-state index in [0.29, 0.717) is 6.61 Å². The minimum Gasteiger partial charge on any atom is -0.491 e. The quantitative estimate of drug-likeness (QED) is 0.839. The Kier molecular flexibility index (Phi) is 5.39. The van der Waals surface area contributed by atoms with Crippen molar-refractivity contribution in [2.75, 3.05) is 20.3 Å². The van der Waals surface area contributed by atoms with Gasteiger partial charge in [0, 0.05) is 19.2 Å². The molecule has 1 unspecified atom stereocenters. The van der Waals surface area contributed by atoms with Gasteiger partial charge in [-0.05, 0) is 30.3 Å². The molecule has 0 aliphatic rings. The van der Waals surface area contributed by atoms with E-state index in [-0.39, 0.29) is 6.10 Å². The summed E-state index contributed by atoms with van der Waals surface area (Å²) in [6.45, 7) is 6.43.